The van der Waals surface area contributed by atoms with Crippen molar-refractivity contribution in [1.82, 2.24) is 14.0 Å². The van der Waals surface area contributed by atoms with Crippen molar-refractivity contribution in [2.45, 2.75) is 6.54 Å². The molecule has 0 atom stereocenters. The minimum atomic E-state index is -0.327. The molecule has 0 radical (unpaired) electrons. The van der Waals surface area contributed by atoms with Crippen molar-refractivity contribution < 1.29 is 9.53 Å². The molecule has 4 aromatic rings. The van der Waals surface area contributed by atoms with Gasteiger partial charge >= 0.3 is 5.97 Å². The summed E-state index contributed by atoms with van der Waals surface area (Å²) in [6, 6.07) is 9.77. The molecule has 0 N–H and O–H groups in total. The van der Waals surface area contributed by atoms with Crippen molar-refractivity contribution >= 4 is 33.2 Å². The van der Waals surface area contributed by atoms with Crippen LogP contribution < -0.4 is 0 Å². The Kier molecular flexibility index (Phi) is 2.97. The van der Waals surface area contributed by atoms with Crippen molar-refractivity contribution in [1.29, 1.82) is 0 Å². The number of ether oxygens (including phenoxy) is 1. The highest BCUT2D eigenvalue weighted by molar-refractivity contribution is 7.17. The summed E-state index contributed by atoms with van der Waals surface area (Å²) in [6.07, 6.45) is 3.94. The molecule has 0 bridgehead atoms. The van der Waals surface area contributed by atoms with Crippen LogP contribution in [-0.4, -0.2) is 27.0 Å². The topological polar surface area (TPSA) is 48.5 Å². The van der Waals surface area contributed by atoms with Gasteiger partial charge in [0.2, 0.25) is 0 Å². The van der Waals surface area contributed by atoms with Crippen LogP contribution in [0.5, 0.6) is 0 Å². The van der Waals surface area contributed by atoms with Gasteiger partial charge in [0, 0.05) is 12.4 Å². The molecule has 0 saturated heterocycles. The summed E-state index contributed by atoms with van der Waals surface area (Å²) in [6.45, 7) is 0.534. The van der Waals surface area contributed by atoms with Crippen LogP contribution in [-0.2, 0) is 11.3 Å². The molecule has 4 rings (SSSR count). The first-order chi connectivity index (χ1) is 10.8. The Morgan fingerprint density at radius 1 is 1.36 bits per heavy atom. The Bertz CT molecular complexity index is 947. The number of carbonyl (C=O) groups is 1. The Hall–Kier alpha value is -2.60. The van der Waals surface area contributed by atoms with E-state index in [9.17, 15) is 4.79 Å². The zero-order valence-electron chi connectivity index (χ0n) is 11.9. The highest BCUT2D eigenvalue weighted by Gasteiger charge is 2.17. The molecule has 0 spiro atoms. The maximum atomic E-state index is 12.0. The van der Waals surface area contributed by atoms with E-state index in [-0.39, 0.29) is 5.97 Å². The lowest BCUT2D eigenvalue weighted by Gasteiger charge is -2.06. The van der Waals surface area contributed by atoms with Crippen molar-refractivity contribution in [2.75, 3.05) is 7.11 Å². The van der Waals surface area contributed by atoms with E-state index in [1.807, 2.05) is 57.1 Å². The van der Waals surface area contributed by atoms with Gasteiger partial charge in [0.05, 0.1) is 29.6 Å². The maximum absolute atomic E-state index is 12.0. The number of fused-ring (bicyclic) bond motifs is 2. The highest BCUT2D eigenvalue weighted by Crippen LogP contribution is 2.26. The molecule has 22 heavy (non-hydrogen) atoms. The van der Waals surface area contributed by atoms with Crippen LogP contribution in [0.3, 0.4) is 0 Å². The normalized spacial score (nSPS) is 11.3. The summed E-state index contributed by atoms with van der Waals surface area (Å²) in [5, 5.41) is 2.02. The standard InChI is InChI=1S/C16H13N3O2S/c1-21-16(20)13-8-14-12(5-7-22-14)19(13)10-11-9-18-6-3-2-4-15(18)17-11/h2-9H,10H2,1H3. The second kappa shape index (κ2) is 4.99. The first-order valence-corrected chi connectivity index (χ1v) is 7.72. The summed E-state index contributed by atoms with van der Waals surface area (Å²) in [7, 11) is 1.40. The van der Waals surface area contributed by atoms with Crippen molar-refractivity contribution in [2.24, 2.45) is 0 Å². The van der Waals surface area contributed by atoms with E-state index in [4.69, 9.17) is 4.74 Å². The summed E-state index contributed by atoms with van der Waals surface area (Å²) >= 11 is 1.61. The molecule has 0 unspecified atom stereocenters. The van der Waals surface area contributed by atoms with Gasteiger partial charge in [-0.25, -0.2) is 9.78 Å². The van der Waals surface area contributed by atoms with Gasteiger partial charge in [-0.2, -0.15) is 0 Å². The third kappa shape index (κ3) is 2.00. The van der Waals surface area contributed by atoms with Crippen LogP contribution in [0, 0.1) is 0 Å². The third-order valence-electron chi connectivity index (χ3n) is 3.65. The maximum Gasteiger partial charge on any atom is 0.354 e. The van der Waals surface area contributed by atoms with Gasteiger partial charge < -0.3 is 13.7 Å². The molecule has 0 saturated carbocycles. The van der Waals surface area contributed by atoms with Gasteiger partial charge in [0.25, 0.3) is 0 Å². The average molecular weight is 311 g/mol. The molecule has 0 aliphatic carbocycles. The van der Waals surface area contributed by atoms with Crippen LogP contribution in [0.4, 0.5) is 0 Å². The third-order valence-corrected chi connectivity index (χ3v) is 4.50. The van der Waals surface area contributed by atoms with Crippen LogP contribution in [0.1, 0.15) is 16.2 Å². The van der Waals surface area contributed by atoms with Gasteiger partial charge in [-0.15, -0.1) is 11.3 Å². The molecule has 0 fully saturated rings. The lowest BCUT2D eigenvalue weighted by Crippen LogP contribution is -2.11. The summed E-state index contributed by atoms with van der Waals surface area (Å²) in [5.41, 5.74) is 3.38. The molecule has 0 aliphatic rings. The lowest BCUT2D eigenvalue weighted by atomic mass is 10.4. The monoisotopic (exact) mass is 311 g/mol. The zero-order chi connectivity index (χ0) is 15.1. The number of imidazole rings is 1. The van der Waals surface area contributed by atoms with Gasteiger partial charge in [0.1, 0.15) is 11.3 Å². The largest absolute Gasteiger partial charge is 0.464 e. The van der Waals surface area contributed by atoms with E-state index in [0.29, 0.717) is 12.2 Å². The number of rotatable bonds is 3. The fraction of sp³-hybridized carbons (Fsp3) is 0.125. The van der Waals surface area contributed by atoms with E-state index >= 15 is 0 Å². The average Bonchev–Trinajstić information content (AvgIpc) is 3.21. The second-order valence-corrected chi connectivity index (χ2v) is 5.92. The zero-order valence-corrected chi connectivity index (χ0v) is 12.7. The van der Waals surface area contributed by atoms with Gasteiger partial charge in [-0.1, -0.05) is 6.07 Å². The SMILES string of the molecule is COC(=O)c1cc2sccc2n1Cc1cn2ccccc2n1. The smallest absolute Gasteiger partial charge is 0.354 e. The molecule has 0 aromatic carbocycles. The van der Waals surface area contributed by atoms with Gasteiger partial charge in [0.15, 0.2) is 0 Å². The predicted octanol–water partition coefficient (Wildman–Crippen LogP) is 3.19. The van der Waals surface area contributed by atoms with E-state index in [1.54, 1.807) is 11.3 Å². The lowest BCUT2D eigenvalue weighted by molar-refractivity contribution is 0.0589. The molecule has 110 valence electrons. The van der Waals surface area contributed by atoms with Crippen LogP contribution in [0.2, 0.25) is 0 Å². The van der Waals surface area contributed by atoms with E-state index in [0.717, 1.165) is 21.6 Å². The molecular weight excluding hydrogens is 298 g/mol. The Balaban J connectivity index is 1.82. The number of carbonyl (C=O) groups excluding carboxylic acids is 1. The summed E-state index contributed by atoms with van der Waals surface area (Å²) in [4.78, 5) is 16.6. The number of pyridine rings is 1. The fourth-order valence-electron chi connectivity index (χ4n) is 2.65. The first-order valence-electron chi connectivity index (χ1n) is 6.84. The minimum Gasteiger partial charge on any atom is -0.464 e. The molecule has 4 aromatic heterocycles. The molecule has 0 aliphatic heterocycles. The number of hydrogen-bond donors (Lipinski definition) is 0. The van der Waals surface area contributed by atoms with Crippen LogP contribution >= 0.6 is 11.3 Å². The van der Waals surface area contributed by atoms with Gasteiger partial charge in [-0.3, -0.25) is 0 Å². The predicted molar refractivity (Wildman–Crippen MR) is 85.4 cm³/mol. The van der Waals surface area contributed by atoms with Gasteiger partial charge in [-0.05, 0) is 29.6 Å². The fourth-order valence-corrected chi connectivity index (χ4v) is 3.47. The summed E-state index contributed by atoms with van der Waals surface area (Å²) in [5.74, 6) is -0.327. The van der Waals surface area contributed by atoms with Crippen LogP contribution in [0.15, 0.2) is 48.1 Å². The second-order valence-electron chi connectivity index (χ2n) is 4.98. The van der Waals surface area contributed by atoms with Crippen molar-refractivity contribution in [3.8, 4) is 0 Å². The number of esters is 1. The minimum absolute atomic E-state index is 0.327. The molecule has 5 nitrogen and oxygen atoms in total. The molecule has 6 heteroatoms. The summed E-state index contributed by atoms with van der Waals surface area (Å²) < 4.78 is 9.90. The number of methoxy groups -OCH3 is 1. The molecule has 4 heterocycles. The number of nitrogens with zero attached hydrogens (tertiary/aromatic N) is 3. The number of thiophene rings is 1. The quantitative estimate of drug-likeness (QED) is 0.546. The Morgan fingerprint density at radius 2 is 2.27 bits per heavy atom. The van der Waals surface area contributed by atoms with Crippen molar-refractivity contribution in [3.63, 3.8) is 0 Å². The first kappa shape index (κ1) is 13.1. The Labute approximate surface area is 130 Å². The number of hydrogen-bond acceptors (Lipinski definition) is 4. The van der Waals surface area contributed by atoms with E-state index in [1.165, 1.54) is 7.11 Å². The van der Waals surface area contributed by atoms with E-state index in [2.05, 4.69) is 4.98 Å². The highest BCUT2D eigenvalue weighted by atomic mass is 32.1. The van der Waals surface area contributed by atoms with E-state index < -0.39 is 0 Å². The van der Waals surface area contributed by atoms with Crippen LogP contribution in [0.25, 0.3) is 15.9 Å². The molecular formula is C16H13N3O2S. The molecule has 0 amide bonds. The van der Waals surface area contributed by atoms with Crippen molar-refractivity contribution in [3.05, 3.63) is 59.5 Å². The Morgan fingerprint density at radius 3 is 3.09 bits per heavy atom. The number of aromatic nitrogens is 3.